The second-order valence-corrected chi connectivity index (χ2v) is 3.62. The summed E-state index contributed by atoms with van der Waals surface area (Å²) < 4.78 is 0. The molecule has 1 rings (SSSR count). The van der Waals surface area contributed by atoms with E-state index in [2.05, 4.69) is 0 Å². The van der Waals surface area contributed by atoms with Crippen LogP contribution in [0.25, 0.3) is 0 Å². The van der Waals surface area contributed by atoms with Crippen molar-refractivity contribution in [2.24, 2.45) is 0 Å². The number of rotatable bonds is 3. The summed E-state index contributed by atoms with van der Waals surface area (Å²) in [5.74, 6) is -0.868. The van der Waals surface area contributed by atoms with E-state index in [0.29, 0.717) is 16.7 Å². The zero-order valence-corrected chi connectivity index (χ0v) is 8.69. The molecule has 0 bridgehead atoms. The maximum absolute atomic E-state index is 10.4. The smallest absolute Gasteiger partial charge is 0.306 e. The number of carbonyl (C=O) groups is 1. The van der Waals surface area contributed by atoms with Crippen LogP contribution in [0, 0.1) is 13.8 Å². The van der Waals surface area contributed by atoms with E-state index < -0.39 is 12.1 Å². The summed E-state index contributed by atoms with van der Waals surface area (Å²) in [6, 6.07) is 3.19. The average molecular weight is 210 g/mol. The van der Waals surface area contributed by atoms with Crippen molar-refractivity contribution in [1.82, 2.24) is 0 Å². The lowest BCUT2D eigenvalue weighted by molar-refractivity contribution is -0.139. The molecule has 0 aliphatic rings. The number of aryl methyl sites for hydroxylation is 2. The fourth-order valence-corrected chi connectivity index (χ4v) is 1.47. The Kier molecular flexibility index (Phi) is 3.31. The van der Waals surface area contributed by atoms with Gasteiger partial charge in [0.25, 0.3) is 0 Å². The normalized spacial score (nSPS) is 12.5. The minimum atomic E-state index is -1.05. The summed E-state index contributed by atoms with van der Waals surface area (Å²) >= 11 is 0. The summed E-state index contributed by atoms with van der Waals surface area (Å²) in [6.07, 6.45) is -1.36. The quantitative estimate of drug-likeness (QED) is 0.706. The topological polar surface area (TPSA) is 77.8 Å². The number of aliphatic hydroxyl groups is 1. The van der Waals surface area contributed by atoms with Crippen molar-refractivity contribution in [1.29, 1.82) is 0 Å². The third-order valence-electron chi connectivity index (χ3n) is 2.27. The monoisotopic (exact) mass is 210 g/mol. The number of aliphatic carboxylic acids is 1. The first-order valence-electron chi connectivity index (χ1n) is 4.61. The minimum absolute atomic E-state index is 0.182. The van der Waals surface area contributed by atoms with Gasteiger partial charge in [-0.05, 0) is 42.7 Å². The van der Waals surface area contributed by atoms with E-state index in [1.165, 1.54) is 0 Å². The molecule has 0 fully saturated rings. The molecule has 0 aliphatic heterocycles. The van der Waals surface area contributed by atoms with Crippen molar-refractivity contribution < 1.29 is 20.1 Å². The van der Waals surface area contributed by atoms with Gasteiger partial charge in [-0.15, -0.1) is 0 Å². The van der Waals surface area contributed by atoms with Gasteiger partial charge < -0.3 is 15.3 Å². The molecule has 0 aromatic heterocycles. The van der Waals surface area contributed by atoms with Crippen molar-refractivity contribution in [3.05, 3.63) is 28.8 Å². The number of hydrogen-bond acceptors (Lipinski definition) is 3. The van der Waals surface area contributed by atoms with Crippen LogP contribution in [-0.4, -0.2) is 21.3 Å². The third-order valence-corrected chi connectivity index (χ3v) is 2.27. The van der Waals surface area contributed by atoms with Crippen molar-refractivity contribution in [3.8, 4) is 5.75 Å². The van der Waals surface area contributed by atoms with Gasteiger partial charge in [0.2, 0.25) is 0 Å². The summed E-state index contributed by atoms with van der Waals surface area (Å²) in [4.78, 5) is 10.4. The molecule has 1 aromatic rings. The molecule has 4 heteroatoms. The van der Waals surface area contributed by atoms with Crippen LogP contribution in [0.1, 0.15) is 29.2 Å². The van der Waals surface area contributed by atoms with Crippen LogP contribution in [0.3, 0.4) is 0 Å². The molecule has 15 heavy (non-hydrogen) atoms. The lowest BCUT2D eigenvalue weighted by atomic mass is 10.0. The fraction of sp³-hybridized carbons (Fsp3) is 0.364. The number of phenolic OH excluding ortho intramolecular Hbond substituents is 1. The van der Waals surface area contributed by atoms with Gasteiger partial charge in [-0.25, -0.2) is 0 Å². The van der Waals surface area contributed by atoms with Crippen LogP contribution in [-0.2, 0) is 4.79 Å². The maximum atomic E-state index is 10.4. The number of hydrogen-bond donors (Lipinski definition) is 3. The van der Waals surface area contributed by atoms with Crippen LogP contribution in [0.4, 0.5) is 0 Å². The number of aromatic hydroxyl groups is 1. The summed E-state index contributed by atoms with van der Waals surface area (Å²) in [6.45, 7) is 3.42. The number of carboxylic acid groups (broad SMARTS) is 1. The molecule has 4 nitrogen and oxygen atoms in total. The Balaban J connectivity index is 3.00. The highest BCUT2D eigenvalue weighted by molar-refractivity contribution is 5.67. The predicted molar refractivity (Wildman–Crippen MR) is 54.8 cm³/mol. The zero-order chi connectivity index (χ0) is 11.6. The van der Waals surface area contributed by atoms with Crippen molar-refractivity contribution in [3.63, 3.8) is 0 Å². The van der Waals surface area contributed by atoms with Crippen molar-refractivity contribution in [2.75, 3.05) is 0 Å². The van der Waals surface area contributed by atoms with Gasteiger partial charge in [0, 0.05) is 0 Å². The molecule has 0 spiro atoms. The highest BCUT2D eigenvalue weighted by Gasteiger charge is 2.14. The fourth-order valence-electron chi connectivity index (χ4n) is 1.47. The first-order chi connectivity index (χ1) is 6.91. The Bertz CT molecular complexity index is 361. The van der Waals surface area contributed by atoms with E-state index in [0.717, 1.165) is 0 Å². The standard InChI is InChI=1S/C11H14O4/c1-6-3-8(4-7(2)11(6)15)9(12)5-10(13)14/h3-4,9,12,15H,5H2,1-2H3,(H,13,14). The molecule has 1 unspecified atom stereocenters. The van der Waals surface area contributed by atoms with Gasteiger partial charge in [0.1, 0.15) is 5.75 Å². The first kappa shape index (κ1) is 11.5. The number of benzene rings is 1. The molecule has 1 aromatic carbocycles. The van der Waals surface area contributed by atoms with Crippen LogP contribution in [0.2, 0.25) is 0 Å². The van der Waals surface area contributed by atoms with Gasteiger partial charge in [0.05, 0.1) is 12.5 Å². The third kappa shape index (κ3) is 2.70. The average Bonchev–Trinajstić information content (AvgIpc) is 2.12. The number of aliphatic hydroxyl groups excluding tert-OH is 1. The van der Waals surface area contributed by atoms with Gasteiger partial charge in [-0.3, -0.25) is 4.79 Å². The molecule has 0 amide bonds. The van der Waals surface area contributed by atoms with E-state index >= 15 is 0 Å². The Morgan fingerprint density at radius 1 is 1.33 bits per heavy atom. The minimum Gasteiger partial charge on any atom is -0.507 e. The van der Waals surface area contributed by atoms with E-state index in [9.17, 15) is 15.0 Å². The SMILES string of the molecule is Cc1cc(C(O)CC(=O)O)cc(C)c1O. The molecule has 0 heterocycles. The molecule has 82 valence electrons. The van der Waals surface area contributed by atoms with Crippen LogP contribution >= 0.6 is 0 Å². The molecule has 0 saturated heterocycles. The van der Waals surface area contributed by atoms with E-state index in [-0.39, 0.29) is 12.2 Å². The number of phenols is 1. The van der Waals surface area contributed by atoms with Gasteiger partial charge in [-0.1, -0.05) is 0 Å². The lowest BCUT2D eigenvalue weighted by Gasteiger charge is -2.12. The highest BCUT2D eigenvalue weighted by Crippen LogP contribution is 2.27. The van der Waals surface area contributed by atoms with E-state index in [1.807, 2.05) is 0 Å². The second-order valence-electron chi connectivity index (χ2n) is 3.62. The molecule has 0 aliphatic carbocycles. The number of carboxylic acids is 1. The molecule has 0 radical (unpaired) electrons. The van der Waals surface area contributed by atoms with Crippen LogP contribution in [0.5, 0.6) is 5.75 Å². The van der Waals surface area contributed by atoms with E-state index in [4.69, 9.17) is 5.11 Å². The second kappa shape index (κ2) is 4.31. The van der Waals surface area contributed by atoms with Gasteiger partial charge in [0.15, 0.2) is 0 Å². The van der Waals surface area contributed by atoms with Crippen LogP contribution in [0.15, 0.2) is 12.1 Å². The van der Waals surface area contributed by atoms with Gasteiger partial charge >= 0.3 is 5.97 Å². The molecule has 3 N–H and O–H groups in total. The largest absolute Gasteiger partial charge is 0.507 e. The summed E-state index contributed by atoms with van der Waals surface area (Å²) in [7, 11) is 0. The molecular weight excluding hydrogens is 196 g/mol. The zero-order valence-electron chi connectivity index (χ0n) is 8.69. The Labute approximate surface area is 87.8 Å². The Hall–Kier alpha value is -1.55. The van der Waals surface area contributed by atoms with Crippen molar-refractivity contribution >= 4 is 5.97 Å². The predicted octanol–water partition coefficient (Wildman–Crippen LogP) is 1.52. The maximum Gasteiger partial charge on any atom is 0.306 e. The molecular formula is C11H14O4. The van der Waals surface area contributed by atoms with Gasteiger partial charge in [-0.2, -0.15) is 0 Å². The molecule has 1 atom stereocenters. The van der Waals surface area contributed by atoms with E-state index in [1.54, 1.807) is 26.0 Å². The lowest BCUT2D eigenvalue weighted by Crippen LogP contribution is -2.06. The summed E-state index contributed by atoms with van der Waals surface area (Å²) in [5.41, 5.74) is 1.79. The summed E-state index contributed by atoms with van der Waals surface area (Å²) in [5, 5.41) is 27.6. The van der Waals surface area contributed by atoms with Crippen molar-refractivity contribution in [2.45, 2.75) is 26.4 Å². The van der Waals surface area contributed by atoms with Crippen LogP contribution < -0.4 is 0 Å². The Morgan fingerprint density at radius 2 is 1.80 bits per heavy atom. The Morgan fingerprint density at radius 3 is 2.20 bits per heavy atom. The first-order valence-corrected chi connectivity index (χ1v) is 4.61. The highest BCUT2D eigenvalue weighted by atomic mass is 16.4. The molecule has 0 saturated carbocycles.